The monoisotopic (exact) mass is 216 g/mol. The Morgan fingerprint density at radius 3 is 2.62 bits per heavy atom. The van der Waals surface area contributed by atoms with E-state index in [9.17, 15) is 0 Å². The second-order valence-corrected chi connectivity index (χ2v) is 3.71. The molecule has 0 spiro atoms. The maximum atomic E-state index is 5.48. The van der Waals surface area contributed by atoms with Crippen molar-refractivity contribution >= 4 is 5.57 Å². The van der Waals surface area contributed by atoms with Crippen molar-refractivity contribution in [3.8, 4) is 0 Å². The van der Waals surface area contributed by atoms with Crippen molar-refractivity contribution in [1.29, 1.82) is 0 Å². The number of hydrogen-bond donors (Lipinski definition) is 0. The molecule has 0 saturated carbocycles. The quantitative estimate of drug-likeness (QED) is 0.388. The fraction of sp³-hybridized carbons (Fsp3) is 0.333. The summed E-state index contributed by atoms with van der Waals surface area (Å²) in [5.41, 5.74) is 2.38. The molecule has 0 aliphatic heterocycles. The highest BCUT2D eigenvalue weighted by Gasteiger charge is 1.92. The molecule has 0 aliphatic rings. The Labute approximate surface area is 98.5 Å². The SMILES string of the molecule is CC/C=C\CCOC=C(C)c1ccccc1. The van der Waals surface area contributed by atoms with Gasteiger partial charge in [0.1, 0.15) is 0 Å². The van der Waals surface area contributed by atoms with Gasteiger partial charge in [0.05, 0.1) is 12.9 Å². The molecule has 0 radical (unpaired) electrons. The van der Waals surface area contributed by atoms with Crippen LogP contribution in [0.1, 0.15) is 32.3 Å². The Kier molecular flexibility index (Phi) is 6.09. The van der Waals surface area contributed by atoms with Gasteiger partial charge in [0.15, 0.2) is 0 Å². The predicted octanol–water partition coefficient (Wildman–Crippen LogP) is 4.42. The molecule has 0 saturated heterocycles. The maximum Gasteiger partial charge on any atom is 0.0907 e. The lowest BCUT2D eigenvalue weighted by Crippen LogP contribution is -1.86. The summed E-state index contributed by atoms with van der Waals surface area (Å²) in [5, 5.41) is 0. The molecule has 0 atom stereocenters. The zero-order valence-electron chi connectivity index (χ0n) is 10.1. The molecule has 86 valence electrons. The van der Waals surface area contributed by atoms with Crippen molar-refractivity contribution in [2.45, 2.75) is 26.7 Å². The van der Waals surface area contributed by atoms with Gasteiger partial charge in [-0.1, -0.05) is 49.4 Å². The first kappa shape index (κ1) is 12.6. The van der Waals surface area contributed by atoms with Gasteiger partial charge < -0.3 is 4.74 Å². The van der Waals surface area contributed by atoms with Crippen LogP contribution in [0.25, 0.3) is 5.57 Å². The summed E-state index contributed by atoms with van der Waals surface area (Å²) < 4.78 is 5.48. The van der Waals surface area contributed by atoms with E-state index in [2.05, 4.69) is 38.1 Å². The van der Waals surface area contributed by atoms with E-state index in [0.717, 1.165) is 19.4 Å². The van der Waals surface area contributed by atoms with Crippen LogP contribution >= 0.6 is 0 Å². The zero-order chi connectivity index (χ0) is 11.6. The van der Waals surface area contributed by atoms with Crippen LogP contribution < -0.4 is 0 Å². The van der Waals surface area contributed by atoms with E-state index in [1.807, 2.05) is 24.5 Å². The van der Waals surface area contributed by atoms with Crippen LogP contribution in [0.5, 0.6) is 0 Å². The summed E-state index contributed by atoms with van der Waals surface area (Å²) >= 11 is 0. The van der Waals surface area contributed by atoms with E-state index in [0.29, 0.717) is 0 Å². The molecular formula is C15H20O. The van der Waals surface area contributed by atoms with Crippen molar-refractivity contribution in [2.75, 3.05) is 6.61 Å². The van der Waals surface area contributed by atoms with Gasteiger partial charge in [-0.3, -0.25) is 0 Å². The topological polar surface area (TPSA) is 9.23 Å². The fourth-order valence-corrected chi connectivity index (χ4v) is 1.37. The summed E-state index contributed by atoms with van der Waals surface area (Å²) in [6, 6.07) is 10.3. The molecule has 0 aromatic heterocycles. The summed E-state index contributed by atoms with van der Waals surface area (Å²) in [5.74, 6) is 0. The minimum Gasteiger partial charge on any atom is -0.501 e. The van der Waals surface area contributed by atoms with E-state index >= 15 is 0 Å². The van der Waals surface area contributed by atoms with Crippen LogP contribution in [-0.4, -0.2) is 6.61 Å². The largest absolute Gasteiger partial charge is 0.501 e. The molecule has 0 N–H and O–H groups in total. The Hall–Kier alpha value is -1.50. The third kappa shape index (κ3) is 4.83. The van der Waals surface area contributed by atoms with Crippen LogP contribution in [0, 0.1) is 0 Å². The summed E-state index contributed by atoms with van der Waals surface area (Å²) in [4.78, 5) is 0. The Morgan fingerprint density at radius 2 is 1.94 bits per heavy atom. The van der Waals surface area contributed by atoms with E-state index in [4.69, 9.17) is 4.74 Å². The van der Waals surface area contributed by atoms with Crippen LogP contribution in [-0.2, 0) is 4.74 Å². The highest BCUT2D eigenvalue weighted by Crippen LogP contribution is 2.12. The standard InChI is InChI=1S/C15H20O/c1-3-4-5-9-12-16-13-14(2)15-10-7-6-8-11-15/h4-8,10-11,13H,3,9,12H2,1-2H3/b5-4-,14-13?. The minimum atomic E-state index is 0.751. The van der Waals surface area contributed by atoms with E-state index in [1.165, 1.54) is 11.1 Å². The number of benzene rings is 1. The summed E-state index contributed by atoms with van der Waals surface area (Å²) in [6.45, 7) is 4.95. The molecule has 1 aromatic carbocycles. The molecule has 0 fully saturated rings. The molecule has 0 amide bonds. The van der Waals surface area contributed by atoms with Gasteiger partial charge in [0, 0.05) is 0 Å². The smallest absolute Gasteiger partial charge is 0.0907 e. The Morgan fingerprint density at radius 1 is 1.19 bits per heavy atom. The van der Waals surface area contributed by atoms with Crippen molar-refractivity contribution in [1.82, 2.24) is 0 Å². The average Bonchev–Trinajstić information content (AvgIpc) is 2.34. The molecule has 1 nitrogen and oxygen atoms in total. The molecule has 0 heterocycles. The molecule has 1 aromatic rings. The fourth-order valence-electron chi connectivity index (χ4n) is 1.37. The number of rotatable bonds is 6. The normalized spacial score (nSPS) is 12.0. The van der Waals surface area contributed by atoms with Crippen LogP contribution in [0.3, 0.4) is 0 Å². The van der Waals surface area contributed by atoms with Gasteiger partial charge in [-0.05, 0) is 30.9 Å². The van der Waals surface area contributed by atoms with Gasteiger partial charge >= 0.3 is 0 Å². The first-order valence-electron chi connectivity index (χ1n) is 5.83. The predicted molar refractivity (Wildman–Crippen MR) is 70.1 cm³/mol. The highest BCUT2D eigenvalue weighted by molar-refractivity contribution is 5.62. The number of ether oxygens (including phenoxy) is 1. The molecule has 0 bridgehead atoms. The number of hydrogen-bond acceptors (Lipinski definition) is 1. The Balaban J connectivity index is 2.32. The van der Waals surface area contributed by atoms with Gasteiger partial charge in [0.25, 0.3) is 0 Å². The number of allylic oxidation sites excluding steroid dienone is 2. The first-order valence-corrected chi connectivity index (χ1v) is 5.83. The molecule has 16 heavy (non-hydrogen) atoms. The second-order valence-electron chi connectivity index (χ2n) is 3.71. The highest BCUT2D eigenvalue weighted by atomic mass is 16.5. The zero-order valence-corrected chi connectivity index (χ0v) is 10.1. The van der Waals surface area contributed by atoms with Gasteiger partial charge in [0.2, 0.25) is 0 Å². The molecule has 1 rings (SSSR count). The summed E-state index contributed by atoms with van der Waals surface area (Å²) in [7, 11) is 0. The minimum absolute atomic E-state index is 0.751. The van der Waals surface area contributed by atoms with Gasteiger partial charge in [-0.15, -0.1) is 0 Å². The summed E-state index contributed by atoms with van der Waals surface area (Å²) in [6.07, 6.45) is 8.24. The van der Waals surface area contributed by atoms with Crippen molar-refractivity contribution < 1.29 is 4.74 Å². The van der Waals surface area contributed by atoms with Crippen molar-refractivity contribution in [2.24, 2.45) is 0 Å². The van der Waals surface area contributed by atoms with Crippen molar-refractivity contribution in [3.63, 3.8) is 0 Å². The lowest BCUT2D eigenvalue weighted by atomic mass is 10.1. The van der Waals surface area contributed by atoms with E-state index in [-0.39, 0.29) is 0 Å². The van der Waals surface area contributed by atoms with Gasteiger partial charge in [-0.2, -0.15) is 0 Å². The third-order valence-corrected chi connectivity index (χ3v) is 2.29. The van der Waals surface area contributed by atoms with Crippen LogP contribution in [0.15, 0.2) is 48.7 Å². The third-order valence-electron chi connectivity index (χ3n) is 2.29. The molecule has 1 heteroatoms. The van der Waals surface area contributed by atoms with E-state index < -0.39 is 0 Å². The van der Waals surface area contributed by atoms with E-state index in [1.54, 1.807) is 0 Å². The lowest BCUT2D eigenvalue weighted by molar-refractivity contribution is 0.257. The Bertz CT molecular complexity index is 336. The van der Waals surface area contributed by atoms with Gasteiger partial charge in [-0.25, -0.2) is 0 Å². The average molecular weight is 216 g/mol. The molecular weight excluding hydrogens is 196 g/mol. The van der Waals surface area contributed by atoms with Crippen LogP contribution in [0.2, 0.25) is 0 Å². The van der Waals surface area contributed by atoms with Crippen LogP contribution in [0.4, 0.5) is 0 Å². The molecule has 0 unspecified atom stereocenters. The van der Waals surface area contributed by atoms with Crippen molar-refractivity contribution in [3.05, 3.63) is 54.3 Å². The maximum absolute atomic E-state index is 5.48. The lowest BCUT2D eigenvalue weighted by Gasteiger charge is -2.02. The second kappa shape index (κ2) is 7.75. The molecule has 0 aliphatic carbocycles. The first-order chi connectivity index (χ1) is 7.84.